The zero-order chi connectivity index (χ0) is 11.5. The third kappa shape index (κ3) is 2.95. The number of rotatable bonds is 4. The summed E-state index contributed by atoms with van der Waals surface area (Å²) in [7, 11) is 1.57. The first-order valence-corrected chi connectivity index (χ1v) is 5.01. The fraction of sp³-hybridized carbons (Fsp3) is 0.750. The lowest BCUT2D eigenvalue weighted by Gasteiger charge is -2.25. The molecule has 0 N–H and O–H groups in total. The Labute approximate surface area is 87.3 Å². The minimum atomic E-state index is -0.711. The predicted molar refractivity (Wildman–Crippen MR) is 59.3 cm³/mol. The number of carbonyl (C=O) groups is 1. The van der Waals surface area contributed by atoms with Crippen LogP contribution in [-0.4, -0.2) is 18.5 Å². The summed E-state index contributed by atoms with van der Waals surface area (Å²) in [5.41, 5.74) is 1.25. The van der Waals surface area contributed by atoms with Gasteiger partial charge in [0.05, 0.1) is 0 Å². The molecule has 0 saturated heterocycles. The van der Waals surface area contributed by atoms with Crippen molar-refractivity contribution < 1.29 is 9.53 Å². The predicted octanol–water partition coefficient (Wildman–Crippen LogP) is 2.97. The van der Waals surface area contributed by atoms with Crippen LogP contribution in [-0.2, 0) is 9.53 Å². The maximum atomic E-state index is 12.1. The number of methoxy groups -OCH3 is 1. The Morgan fingerprint density at radius 3 is 1.86 bits per heavy atom. The lowest BCUT2D eigenvalue weighted by molar-refractivity contribution is -0.133. The first-order chi connectivity index (χ1) is 6.24. The molecule has 0 rings (SSSR count). The van der Waals surface area contributed by atoms with E-state index in [0.717, 1.165) is 11.1 Å². The van der Waals surface area contributed by atoms with Gasteiger partial charge in [0.2, 0.25) is 0 Å². The number of hydrogen-bond acceptors (Lipinski definition) is 2. The van der Waals surface area contributed by atoms with E-state index in [1.54, 1.807) is 21.0 Å². The van der Waals surface area contributed by atoms with E-state index in [9.17, 15) is 4.79 Å². The molecule has 0 unspecified atom stereocenters. The van der Waals surface area contributed by atoms with Crippen LogP contribution in [0.25, 0.3) is 0 Å². The van der Waals surface area contributed by atoms with Gasteiger partial charge in [0.25, 0.3) is 0 Å². The van der Waals surface area contributed by atoms with Crippen LogP contribution in [0, 0.1) is 5.92 Å². The lowest BCUT2D eigenvalue weighted by Crippen LogP contribution is -2.36. The van der Waals surface area contributed by atoms with E-state index in [0.29, 0.717) is 0 Å². The summed E-state index contributed by atoms with van der Waals surface area (Å²) in [4.78, 5) is 12.1. The Balaban J connectivity index is 5.10. The number of allylic oxidation sites excluding steroid dienone is 1. The minimum Gasteiger partial charge on any atom is -0.371 e. The molecule has 0 heterocycles. The number of hydrogen-bond donors (Lipinski definition) is 0. The van der Waals surface area contributed by atoms with Crippen molar-refractivity contribution in [2.24, 2.45) is 5.92 Å². The van der Waals surface area contributed by atoms with Gasteiger partial charge >= 0.3 is 0 Å². The molecule has 0 aliphatic carbocycles. The SMILES string of the molecule is COC(C)(C)C(=O)C(=C(C)C)C(C)C. The molecule has 0 amide bonds. The molecular weight excluding hydrogens is 176 g/mol. The molecule has 0 fully saturated rings. The van der Waals surface area contributed by atoms with Gasteiger partial charge in [-0.05, 0) is 39.2 Å². The second-order valence-corrected chi connectivity index (χ2v) is 4.61. The normalized spacial score (nSPS) is 11.7. The summed E-state index contributed by atoms with van der Waals surface area (Å²) in [6, 6.07) is 0. The molecule has 0 atom stereocenters. The fourth-order valence-electron chi connectivity index (χ4n) is 1.48. The van der Waals surface area contributed by atoms with Crippen molar-refractivity contribution in [1.29, 1.82) is 0 Å². The summed E-state index contributed by atoms with van der Waals surface area (Å²) in [5.74, 6) is 0.344. The van der Waals surface area contributed by atoms with Crippen molar-refractivity contribution in [3.8, 4) is 0 Å². The number of Topliss-reactive ketones (excluding diaryl/α,β-unsaturated/α-hetero) is 1. The van der Waals surface area contributed by atoms with Crippen LogP contribution in [0.15, 0.2) is 11.1 Å². The molecule has 14 heavy (non-hydrogen) atoms. The van der Waals surface area contributed by atoms with Crippen molar-refractivity contribution in [3.63, 3.8) is 0 Å². The summed E-state index contributed by atoms with van der Waals surface area (Å²) < 4.78 is 5.20. The van der Waals surface area contributed by atoms with Gasteiger partial charge in [-0.15, -0.1) is 0 Å². The molecule has 0 spiro atoms. The molecule has 2 nitrogen and oxygen atoms in total. The van der Waals surface area contributed by atoms with E-state index in [4.69, 9.17) is 4.74 Å². The van der Waals surface area contributed by atoms with Gasteiger partial charge in [-0.3, -0.25) is 4.79 Å². The van der Waals surface area contributed by atoms with Crippen LogP contribution in [0.1, 0.15) is 41.5 Å². The van der Waals surface area contributed by atoms with Gasteiger partial charge in [-0.2, -0.15) is 0 Å². The van der Waals surface area contributed by atoms with E-state index < -0.39 is 5.60 Å². The molecule has 0 aromatic carbocycles. The van der Waals surface area contributed by atoms with Crippen molar-refractivity contribution >= 4 is 5.78 Å². The highest BCUT2D eigenvalue weighted by atomic mass is 16.5. The second kappa shape index (κ2) is 4.74. The summed E-state index contributed by atoms with van der Waals surface area (Å²) >= 11 is 0. The molecule has 0 aliphatic rings. The lowest BCUT2D eigenvalue weighted by atomic mass is 9.87. The summed E-state index contributed by atoms with van der Waals surface area (Å²) in [5, 5.41) is 0. The second-order valence-electron chi connectivity index (χ2n) is 4.61. The number of carbonyl (C=O) groups excluding carboxylic acids is 1. The van der Waals surface area contributed by atoms with Gasteiger partial charge in [0, 0.05) is 7.11 Å². The van der Waals surface area contributed by atoms with Crippen LogP contribution in [0.5, 0.6) is 0 Å². The number of ether oxygens (including phenoxy) is 1. The van der Waals surface area contributed by atoms with E-state index in [-0.39, 0.29) is 11.7 Å². The summed E-state index contributed by atoms with van der Waals surface area (Å²) in [6.07, 6.45) is 0. The summed E-state index contributed by atoms with van der Waals surface area (Å²) in [6.45, 7) is 11.6. The van der Waals surface area contributed by atoms with Gasteiger partial charge in [-0.25, -0.2) is 0 Å². The quantitative estimate of drug-likeness (QED) is 0.649. The minimum absolute atomic E-state index is 0.0926. The number of ketones is 1. The van der Waals surface area contributed by atoms with Crippen molar-refractivity contribution in [2.75, 3.05) is 7.11 Å². The molecule has 0 aliphatic heterocycles. The zero-order valence-electron chi connectivity index (χ0n) is 10.4. The van der Waals surface area contributed by atoms with Crippen molar-refractivity contribution in [2.45, 2.75) is 47.1 Å². The highest BCUT2D eigenvalue weighted by molar-refractivity contribution is 6.02. The highest BCUT2D eigenvalue weighted by Crippen LogP contribution is 2.23. The molecule has 0 saturated carbocycles. The molecule has 2 heteroatoms. The first-order valence-electron chi connectivity index (χ1n) is 5.01. The smallest absolute Gasteiger partial charge is 0.190 e. The average Bonchev–Trinajstić information content (AvgIpc) is 2.02. The fourth-order valence-corrected chi connectivity index (χ4v) is 1.48. The Hall–Kier alpha value is -0.630. The third-order valence-electron chi connectivity index (χ3n) is 2.42. The van der Waals surface area contributed by atoms with E-state index in [1.807, 2.05) is 27.7 Å². The van der Waals surface area contributed by atoms with Gasteiger partial charge in [0.1, 0.15) is 5.60 Å². The maximum absolute atomic E-state index is 12.1. The largest absolute Gasteiger partial charge is 0.371 e. The molecule has 82 valence electrons. The van der Waals surface area contributed by atoms with Crippen LogP contribution >= 0.6 is 0 Å². The molecule has 0 bridgehead atoms. The zero-order valence-corrected chi connectivity index (χ0v) is 10.4. The van der Waals surface area contributed by atoms with Gasteiger partial charge in [0.15, 0.2) is 5.78 Å². The van der Waals surface area contributed by atoms with E-state index in [1.165, 1.54) is 0 Å². The Morgan fingerprint density at radius 1 is 1.21 bits per heavy atom. The Kier molecular flexibility index (Phi) is 4.53. The molecule has 0 aromatic rings. The average molecular weight is 198 g/mol. The van der Waals surface area contributed by atoms with Crippen LogP contribution in [0.3, 0.4) is 0 Å². The molecule has 0 aromatic heterocycles. The van der Waals surface area contributed by atoms with Gasteiger partial charge in [-0.1, -0.05) is 19.4 Å². The van der Waals surface area contributed by atoms with Crippen LogP contribution in [0.2, 0.25) is 0 Å². The monoisotopic (exact) mass is 198 g/mol. The molecular formula is C12H22O2. The van der Waals surface area contributed by atoms with E-state index >= 15 is 0 Å². The topological polar surface area (TPSA) is 26.3 Å². The third-order valence-corrected chi connectivity index (χ3v) is 2.42. The standard InChI is InChI=1S/C12H22O2/c1-8(2)10(9(3)4)11(13)12(5,6)14-7/h8H,1-7H3. The van der Waals surface area contributed by atoms with E-state index in [2.05, 4.69) is 0 Å². The molecule has 0 radical (unpaired) electrons. The Morgan fingerprint density at radius 2 is 1.64 bits per heavy atom. The maximum Gasteiger partial charge on any atom is 0.190 e. The highest BCUT2D eigenvalue weighted by Gasteiger charge is 2.31. The van der Waals surface area contributed by atoms with Crippen molar-refractivity contribution in [3.05, 3.63) is 11.1 Å². The van der Waals surface area contributed by atoms with Crippen LogP contribution < -0.4 is 0 Å². The van der Waals surface area contributed by atoms with Crippen LogP contribution in [0.4, 0.5) is 0 Å². The van der Waals surface area contributed by atoms with Gasteiger partial charge < -0.3 is 4.74 Å². The van der Waals surface area contributed by atoms with Crippen molar-refractivity contribution in [1.82, 2.24) is 0 Å². The first kappa shape index (κ1) is 13.4. The Bertz CT molecular complexity index is 243.